The first kappa shape index (κ1) is 18.2. The highest BCUT2D eigenvalue weighted by molar-refractivity contribution is 5.96. The molecule has 0 aliphatic heterocycles. The van der Waals surface area contributed by atoms with Crippen LogP contribution >= 0.6 is 0 Å². The molecule has 2 aliphatic rings. The number of hydrogen-bond donors (Lipinski definition) is 1. The summed E-state index contributed by atoms with van der Waals surface area (Å²) in [6.07, 6.45) is 7.82. The molecular weight excluding hydrogens is 362 g/mol. The van der Waals surface area contributed by atoms with E-state index in [1.807, 2.05) is 25.1 Å². The number of pyridine rings is 2. The first-order valence-electron chi connectivity index (χ1n) is 10.5. The van der Waals surface area contributed by atoms with E-state index in [2.05, 4.69) is 16.4 Å². The first-order valence-corrected chi connectivity index (χ1v) is 10.5. The minimum Gasteiger partial charge on any atom is -0.493 e. The standard InChI is InChI=1S/C24H27N3O2/c1-15-17(5-4-10-25-15)14-29-23-12-21-19(11-22(23)28-2)24(26-13-16-8-9-16)18-6-3-7-20(18)27-21/h4-5,10-12,16H,3,6-9,13-14H2,1-2H3,(H,26,27). The van der Waals surface area contributed by atoms with Crippen molar-refractivity contribution >= 4 is 16.6 Å². The molecule has 1 N–H and O–H groups in total. The second-order valence-corrected chi connectivity index (χ2v) is 8.15. The number of anilines is 1. The summed E-state index contributed by atoms with van der Waals surface area (Å²) in [5.41, 5.74) is 6.90. The Morgan fingerprint density at radius 3 is 2.86 bits per heavy atom. The molecular formula is C24H27N3O2. The van der Waals surface area contributed by atoms with Crippen LogP contribution in [0.5, 0.6) is 11.5 Å². The summed E-state index contributed by atoms with van der Waals surface area (Å²) in [6.45, 7) is 3.50. The molecule has 0 radical (unpaired) electrons. The Morgan fingerprint density at radius 2 is 2.07 bits per heavy atom. The van der Waals surface area contributed by atoms with Crippen molar-refractivity contribution in [2.75, 3.05) is 19.0 Å². The number of aromatic nitrogens is 2. The van der Waals surface area contributed by atoms with E-state index in [4.69, 9.17) is 14.5 Å². The van der Waals surface area contributed by atoms with Gasteiger partial charge in [-0.05, 0) is 62.6 Å². The highest BCUT2D eigenvalue weighted by Gasteiger charge is 2.25. The quantitative estimate of drug-likeness (QED) is 0.627. The summed E-state index contributed by atoms with van der Waals surface area (Å²) in [7, 11) is 1.70. The number of benzene rings is 1. The highest BCUT2D eigenvalue weighted by atomic mass is 16.5. The molecule has 5 rings (SSSR count). The van der Waals surface area contributed by atoms with Crippen LogP contribution in [0.25, 0.3) is 10.9 Å². The van der Waals surface area contributed by atoms with Crippen LogP contribution in [0.3, 0.4) is 0 Å². The molecule has 1 saturated carbocycles. The number of aryl methyl sites for hydroxylation is 2. The smallest absolute Gasteiger partial charge is 0.163 e. The van der Waals surface area contributed by atoms with E-state index in [1.54, 1.807) is 13.3 Å². The van der Waals surface area contributed by atoms with Crippen LogP contribution in [-0.4, -0.2) is 23.6 Å². The Kier molecular flexibility index (Phi) is 4.74. The average Bonchev–Trinajstić information content (AvgIpc) is 3.45. The molecule has 1 fully saturated rings. The lowest BCUT2D eigenvalue weighted by atomic mass is 10.1. The molecule has 1 aromatic carbocycles. The maximum absolute atomic E-state index is 6.15. The lowest BCUT2D eigenvalue weighted by Gasteiger charge is -2.17. The molecule has 0 bridgehead atoms. The molecule has 3 aromatic rings. The number of methoxy groups -OCH3 is 1. The molecule has 2 aromatic heterocycles. The zero-order chi connectivity index (χ0) is 19.8. The van der Waals surface area contributed by atoms with Crippen molar-refractivity contribution in [3.63, 3.8) is 0 Å². The van der Waals surface area contributed by atoms with Crippen molar-refractivity contribution in [2.45, 2.75) is 45.6 Å². The van der Waals surface area contributed by atoms with E-state index in [0.29, 0.717) is 6.61 Å². The molecule has 5 nitrogen and oxygen atoms in total. The van der Waals surface area contributed by atoms with Gasteiger partial charge in [0.25, 0.3) is 0 Å². The summed E-state index contributed by atoms with van der Waals surface area (Å²) in [4.78, 5) is 9.32. The number of hydrogen-bond acceptors (Lipinski definition) is 5. The van der Waals surface area contributed by atoms with E-state index in [1.165, 1.54) is 36.2 Å². The van der Waals surface area contributed by atoms with Gasteiger partial charge in [0, 0.05) is 46.8 Å². The van der Waals surface area contributed by atoms with E-state index in [-0.39, 0.29) is 0 Å². The maximum atomic E-state index is 6.15. The number of ether oxygens (including phenoxy) is 2. The number of nitrogens with one attached hydrogen (secondary N) is 1. The lowest BCUT2D eigenvalue weighted by Crippen LogP contribution is -2.08. The van der Waals surface area contributed by atoms with Crippen LogP contribution in [0.2, 0.25) is 0 Å². The number of nitrogens with zero attached hydrogens (tertiary/aromatic N) is 2. The Morgan fingerprint density at radius 1 is 1.17 bits per heavy atom. The van der Waals surface area contributed by atoms with Crippen LogP contribution in [0.1, 0.15) is 41.8 Å². The largest absolute Gasteiger partial charge is 0.493 e. The van der Waals surface area contributed by atoms with Gasteiger partial charge in [0.2, 0.25) is 0 Å². The first-order chi connectivity index (χ1) is 14.2. The fraction of sp³-hybridized carbons (Fsp3) is 0.417. The van der Waals surface area contributed by atoms with Gasteiger partial charge in [0.05, 0.1) is 12.6 Å². The van der Waals surface area contributed by atoms with Gasteiger partial charge in [0.1, 0.15) is 6.61 Å². The lowest BCUT2D eigenvalue weighted by molar-refractivity contribution is 0.284. The van der Waals surface area contributed by atoms with Gasteiger partial charge in [-0.2, -0.15) is 0 Å². The van der Waals surface area contributed by atoms with Crippen LogP contribution in [0, 0.1) is 12.8 Å². The Balaban J connectivity index is 1.52. The summed E-state index contributed by atoms with van der Waals surface area (Å²) < 4.78 is 11.8. The second-order valence-electron chi connectivity index (χ2n) is 8.15. The topological polar surface area (TPSA) is 56.3 Å². The third kappa shape index (κ3) is 3.61. The molecule has 150 valence electrons. The summed E-state index contributed by atoms with van der Waals surface area (Å²) >= 11 is 0. The van der Waals surface area contributed by atoms with E-state index < -0.39 is 0 Å². The molecule has 29 heavy (non-hydrogen) atoms. The average molecular weight is 389 g/mol. The molecule has 0 unspecified atom stereocenters. The normalized spacial score (nSPS) is 15.4. The van der Waals surface area contributed by atoms with Crippen molar-refractivity contribution in [2.24, 2.45) is 5.92 Å². The van der Waals surface area contributed by atoms with Gasteiger partial charge < -0.3 is 14.8 Å². The zero-order valence-corrected chi connectivity index (χ0v) is 17.1. The molecule has 0 amide bonds. The fourth-order valence-electron chi connectivity index (χ4n) is 4.14. The van der Waals surface area contributed by atoms with Gasteiger partial charge in [-0.1, -0.05) is 6.07 Å². The molecule has 0 atom stereocenters. The number of rotatable bonds is 7. The van der Waals surface area contributed by atoms with Crippen LogP contribution in [0.4, 0.5) is 5.69 Å². The van der Waals surface area contributed by atoms with Gasteiger partial charge in [0.15, 0.2) is 11.5 Å². The Labute approximate surface area is 171 Å². The summed E-state index contributed by atoms with van der Waals surface area (Å²) in [6, 6.07) is 8.09. The molecule has 5 heteroatoms. The Hall–Kier alpha value is -2.82. The zero-order valence-electron chi connectivity index (χ0n) is 17.1. The van der Waals surface area contributed by atoms with Crippen LogP contribution in [0.15, 0.2) is 30.5 Å². The number of fused-ring (bicyclic) bond motifs is 2. The van der Waals surface area contributed by atoms with Crippen molar-refractivity contribution < 1.29 is 9.47 Å². The van der Waals surface area contributed by atoms with Gasteiger partial charge in [-0.25, -0.2) is 0 Å². The van der Waals surface area contributed by atoms with Gasteiger partial charge >= 0.3 is 0 Å². The van der Waals surface area contributed by atoms with Crippen molar-refractivity contribution in [3.05, 3.63) is 53.0 Å². The van der Waals surface area contributed by atoms with E-state index in [0.717, 1.165) is 59.0 Å². The van der Waals surface area contributed by atoms with Crippen LogP contribution < -0.4 is 14.8 Å². The minimum atomic E-state index is 0.458. The van der Waals surface area contributed by atoms with Gasteiger partial charge in [-0.15, -0.1) is 0 Å². The minimum absolute atomic E-state index is 0.458. The summed E-state index contributed by atoms with van der Waals surface area (Å²) in [5, 5.41) is 4.87. The fourth-order valence-corrected chi connectivity index (χ4v) is 4.14. The highest BCUT2D eigenvalue weighted by Crippen LogP contribution is 2.40. The third-order valence-electron chi connectivity index (χ3n) is 6.06. The monoisotopic (exact) mass is 389 g/mol. The van der Waals surface area contributed by atoms with E-state index >= 15 is 0 Å². The van der Waals surface area contributed by atoms with E-state index in [9.17, 15) is 0 Å². The molecule has 0 saturated heterocycles. The van der Waals surface area contributed by atoms with Crippen molar-refractivity contribution in [1.82, 2.24) is 9.97 Å². The predicted octanol–water partition coefficient (Wildman–Crippen LogP) is 4.84. The van der Waals surface area contributed by atoms with Crippen LogP contribution in [-0.2, 0) is 19.4 Å². The molecule has 0 spiro atoms. The molecule has 2 heterocycles. The van der Waals surface area contributed by atoms with Crippen molar-refractivity contribution in [3.8, 4) is 11.5 Å². The Bertz CT molecular complexity index is 1060. The predicted molar refractivity (Wildman–Crippen MR) is 115 cm³/mol. The second kappa shape index (κ2) is 7.54. The van der Waals surface area contributed by atoms with Gasteiger partial charge in [-0.3, -0.25) is 9.97 Å². The maximum Gasteiger partial charge on any atom is 0.163 e. The summed E-state index contributed by atoms with van der Waals surface area (Å²) in [5.74, 6) is 2.29. The third-order valence-corrected chi connectivity index (χ3v) is 6.06. The molecule has 2 aliphatic carbocycles. The van der Waals surface area contributed by atoms with Crippen molar-refractivity contribution in [1.29, 1.82) is 0 Å². The SMILES string of the molecule is COc1cc2c(NCC3CC3)c3c(nc2cc1OCc1cccnc1C)CCC3.